The Morgan fingerprint density at radius 1 is 1.38 bits per heavy atom. The Hall–Kier alpha value is -1.24. The molecule has 5 nitrogen and oxygen atoms in total. The Bertz CT molecular complexity index is 477. The molecular formula is C15H22FNO4. The van der Waals surface area contributed by atoms with Crippen LogP contribution < -0.4 is 4.74 Å². The van der Waals surface area contributed by atoms with Gasteiger partial charge in [-0.15, -0.1) is 0 Å². The number of nitrogens with zero attached hydrogens (tertiary/aromatic N) is 1. The van der Waals surface area contributed by atoms with E-state index in [9.17, 15) is 14.6 Å². The Morgan fingerprint density at radius 2 is 2.10 bits per heavy atom. The van der Waals surface area contributed by atoms with Gasteiger partial charge < -0.3 is 19.7 Å². The Labute approximate surface area is 123 Å². The number of hydrogen-bond donors (Lipinski definition) is 2. The molecule has 2 N–H and O–H groups in total. The van der Waals surface area contributed by atoms with Crippen LogP contribution in [0.5, 0.6) is 5.88 Å². The van der Waals surface area contributed by atoms with Crippen LogP contribution >= 0.6 is 0 Å². The van der Waals surface area contributed by atoms with Gasteiger partial charge in [-0.2, -0.15) is 0 Å². The molecule has 0 aliphatic carbocycles. The maximum absolute atomic E-state index is 13.9. The molecule has 1 aromatic heterocycles. The molecular weight excluding hydrogens is 277 g/mol. The number of aromatic nitrogens is 1. The van der Waals surface area contributed by atoms with Crippen molar-refractivity contribution in [1.82, 2.24) is 4.98 Å². The lowest BCUT2D eigenvalue weighted by molar-refractivity contribution is -0.181. The lowest BCUT2D eigenvalue weighted by Gasteiger charge is -2.37. The molecule has 1 saturated heterocycles. The first-order chi connectivity index (χ1) is 9.82. The highest BCUT2D eigenvalue weighted by molar-refractivity contribution is 5.20. The second kappa shape index (κ2) is 6.25. The van der Waals surface area contributed by atoms with Gasteiger partial charge in [-0.25, -0.2) is 9.37 Å². The van der Waals surface area contributed by atoms with Gasteiger partial charge in [0.2, 0.25) is 5.88 Å². The van der Waals surface area contributed by atoms with Crippen LogP contribution in [0.25, 0.3) is 0 Å². The smallest absolute Gasteiger partial charge is 0.213 e. The van der Waals surface area contributed by atoms with Crippen molar-refractivity contribution in [3.63, 3.8) is 0 Å². The van der Waals surface area contributed by atoms with Crippen LogP contribution in [0.1, 0.15) is 32.9 Å². The molecule has 2 heterocycles. The molecule has 1 aliphatic heterocycles. The minimum atomic E-state index is -1.58. The van der Waals surface area contributed by atoms with Crippen LogP contribution in [0.2, 0.25) is 0 Å². The first kappa shape index (κ1) is 16.1. The molecule has 1 aliphatic rings. The zero-order valence-corrected chi connectivity index (χ0v) is 12.5. The van der Waals surface area contributed by atoms with E-state index in [-0.39, 0.29) is 18.2 Å². The van der Waals surface area contributed by atoms with Crippen LogP contribution in [0.3, 0.4) is 0 Å². The van der Waals surface area contributed by atoms with E-state index >= 15 is 0 Å². The van der Waals surface area contributed by atoms with E-state index in [2.05, 4.69) is 4.98 Å². The summed E-state index contributed by atoms with van der Waals surface area (Å²) in [5, 5.41) is 20.0. The highest BCUT2D eigenvalue weighted by Gasteiger charge is 2.39. The largest absolute Gasteiger partial charge is 0.469 e. The molecule has 0 bridgehead atoms. The molecule has 21 heavy (non-hydrogen) atoms. The van der Waals surface area contributed by atoms with Gasteiger partial charge in [-0.1, -0.05) is 13.0 Å². The number of aliphatic hydroxyl groups is 2. The molecule has 4 atom stereocenters. The van der Waals surface area contributed by atoms with Crippen LogP contribution in [0.4, 0.5) is 4.39 Å². The van der Waals surface area contributed by atoms with Crippen molar-refractivity contribution in [2.45, 2.75) is 57.3 Å². The van der Waals surface area contributed by atoms with Crippen LogP contribution in [-0.2, 0) is 10.4 Å². The molecule has 2 rings (SSSR count). The summed E-state index contributed by atoms with van der Waals surface area (Å²) in [5.41, 5.74) is -1.33. The van der Waals surface area contributed by atoms with Gasteiger partial charge in [-0.3, -0.25) is 0 Å². The van der Waals surface area contributed by atoms with Gasteiger partial charge >= 0.3 is 0 Å². The van der Waals surface area contributed by atoms with Crippen LogP contribution in [0, 0.1) is 0 Å². The van der Waals surface area contributed by atoms with Gasteiger partial charge in [-0.05, 0) is 26.3 Å². The average molecular weight is 299 g/mol. The molecule has 0 unspecified atom stereocenters. The Balaban J connectivity index is 2.08. The summed E-state index contributed by atoms with van der Waals surface area (Å²) < 4.78 is 24.9. The van der Waals surface area contributed by atoms with Gasteiger partial charge in [0.1, 0.15) is 17.9 Å². The molecule has 1 aromatic rings. The summed E-state index contributed by atoms with van der Waals surface area (Å²) >= 11 is 0. The number of aliphatic hydroxyl groups excluding tert-OH is 2. The van der Waals surface area contributed by atoms with Gasteiger partial charge in [0.15, 0.2) is 6.10 Å². The van der Waals surface area contributed by atoms with Crippen molar-refractivity contribution >= 4 is 0 Å². The van der Waals surface area contributed by atoms with Gasteiger partial charge in [0.05, 0.1) is 18.4 Å². The van der Waals surface area contributed by atoms with E-state index in [0.717, 1.165) is 0 Å². The summed E-state index contributed by atoms with van der Waals surface area (Å²) in [4.78, 5) is 4.09. The van der Waals surface area contributed by atoms with Crippen molar-refractivity contribution < 1.29 is 24.1 Å². The van der Waals surface area contributed by atoms with E-state index < -0.39 is 30.1 Å². The molecule has 0 aromatic carbocycles. The third-order valence-electron chi connectivity index (χ3n) is 3.59. The molecule has 0 saturated carbocycles. The second-order valence-electron chi connectivity index (χ2n) is 5.75. The van der Waals surface area contributed by atoms with Gasteiger partial charge in [0.25, 0.3) is 0 Å². The van der Waals surface area contributed by atoms with E-state index in [0.29, 0.717) is 6.42 Å². The van der Waals surface area contributed by atoms with Crippen LogP contribution in [0.15, 0.2) is 18.2 Å². The summed E-state index contributed by atoms with van der Waals surface area (Å²) in [6.07, 6.45) is -2.59. The topological polar surface area (TPSA) is 71.8 Å². The quantitative estimate of drug-likeness (QED) is 0.883. The van der Waals surface area contributed by atoms with Crippen molar-refractivity contribution in [1.29, 1.82) is 0 Å². The predicted octanol–water partition coefficient (Wildman–Crippen LogP) is 1.56. The summed E-state index contributed by atoms with van der Waals surface area (Å²) in [7, 11) is 0. The lowest BCUT2D eigenvalue weighted by atomic mass is 9.98. The third kappa shape index (κ3) is 3.70. The van der Waals surface area contributed by atoms with Crippen molar-refractivity contribution in [2.24, 2.45) is 0 Å². The third-order valence-corrected chi connectivity index (χ3v) is 3.59. The van der Waals surface area contributed by atoms with E-state index in [1.807, 2.05) is 6.92 Å². The predicted molar refractivity (Wildman–Crippen MR) is 74.8 cm³/mol. The minimum absolute atomic E-state index is 0.154. The fraction of sp³-hybridized carbons (Fsp3) is 0.667. The SMILES string of the molecule is CC[C@H]1OC[C@H](Oc2cccc(C(C)(C)F)n2)[C@@H](O)[C@H]1O. The minimum Gasteiger partial charge on any atom is -0.469 e. The normalized spacial score (nSPS) is 30.2. The summed E-state index contributed by atoms with van der Waals surface area (Å²) in [6, 6.07) is 4.79. The standard InChI is InChI=1S/C15H22FNO4/c1-4-9-13(18)14(19)10(8-20-9)21-12-7-5-6-11(17-12)15(2,3)16/h5-7,9-10,13-14,18-19H,4,8H2,1-3H3/t9-,10+,13+,14-/m1/s1. The maximum Gasteiger partial charge on any atom is 0.213 e. The summed E-state index contributed by atoms with van der Waals surface area (Å²) in [6.45, 7) is 4.85. The van der Waals surface area contributed by atoms with Crippen molar-refractivity contribution in [3.8, 4) is 5.88 Å². The highest BCUT2D eigenvalue weighted by Crippen LogP contribution is 2.26. The molecule has 118 valence electrons. The first-order valence-electron chi connectivity index (χ1n) is 7.13. The number of pyridine rings is 1. The monoisotopic (exact) mass is 299 g/mol. The highest BCUT2D eigenvalue weighted by atomic mass is 19.1. The second-order valence-corrected chi connectivity index (χ2v) is 5.75. The Morgan fingerprint density at radius 3 is 2.71 bits per heavy atom. The van der Waals surface area contributed by atoms with E-state index in [4.69, 9.17) is 9.47 Å². The molecule has 0 radical (unpaired) electrons. The number of halogens is 1. The van der Waals surface area contributed by atoms with Gasteiger partial charge in [0, 0.05) is 6.07 Å². The lowest BCUT2D eigenvalue weighted by Crippen LogP contribution is -2.54. The van der Waals surface area contributed by atoms with Crippen molar-refractivity contribution in [2.75, 3.05) is 6.61 Å². The number of alkyl halides is 1. The maximum atomic E-state index is 13.9. The molecule has 1 fully saturated rings. The summed E-state index contributed by atoms with van der Waals surface area (Å²) in [5.74, 6) is 0.202. The zero-order chi connectivity index (χ0) is 15.6. The Kier molecular flexibility index (Phi) is 4.81. The van der Waals surface area contributed by atoms with E-state index in [1.165, 1.54) is 13.8 Å². The number of ether oxygens (including phenoxy) is 2. The zero-order valence-electron chi connectivity index (χ0n) is 12.5. The number of rotatable bonds is 4. The molecule has 6 heteroatoms. The van der Waals surface area contributed by atoms with Crippen molar-refractivity contribution in [3.05, 3.63) is 23.9 Å². The molecule has 0 amide bonds. The fourth-order valence-corrected chi connectivity index (χ4v) is 2.29. The van der Waals surface area contributed by atoms with E-state index in [1.54, 1.807) is 18.2 Å². The van der Waals surface area contributed by atoms with Crippen LogP contribution in [-0.4, -0.2) is 46.2 Å². The fourth-order valence-electron chi connectivity index (χ4n) is 2.29. The molecule has 0 spiro atoms. The average Bonchev–Trinajstić information content (AvgIpc) is 2.44. The number of hydrogen-bond acceptors (Lipinski definition) is 5. The first-order valence-corrected chi connectivity index (χ1v) is 7.13.